The van der Waals surface area contributed by atoms with Crippen LogP contribution in [0.4, 0.5) is 0 Å². The van der Waals surface area contributed by atoms with Crippen molar-refractivity contribution in [3.63, 3.8) is 0 Å². The van der Waals surface area contributed by atoms with E-state index in [9.17, 15) is 4.79 Å². The molecule has 1 aliphatic carbocycles. The van der Waals surface area contributed by atoms with Gasteiger partial charge in [-0.2, -0.15) is 0 Å². The number of hydrogen-bond acceptors (Lipinski definition) is 1. The van der Waals surface area contributed by atoms with Crippen molar-refractivity contribution < 1.29 is 4.79 Å². The predicted molar refractivity (Wildman–Crippen MR) is 85.5 cm³/mol. The zero-order chi connectivity index (χ0) is 13.7. The molecule has 2 nitrogen and oxygen atoms in total. The molecule has 1 aromatic carbocycles. The van der Waals surface area contributed by atoms with Gasteiger partial charge in [0, 0.05) is 15.8 Å². The number of carbonyl (C=O) groups excluding carboxylic acids is 1. The molecule has 19 heavy (non-hydrogen) atoms. The van der Waals surface area contributed by atoms with Crippen molar-refractivity contribution in [2.24, 2.45) is 5.92 Å². The second-order valence-corrected chi connectivity index (χ2v) is 6.74. The Morgan fingerprint density at radius 3 is 2.58 bits per heavy atom. The summed E-state index contributed by atoms with van der Waals surface area (Å²) >= 11 is 6.96. The molecule has 2 atom stereocenters. The van der Waals surface area contributed by atoms with Gasteiger partial charge in [-0.15, -0.1) is 0 Å². The first-order valence-electron chi connectivity index (χ1n) is 6.79. The van der Waals surface area contributed by atoms with E-state index in [1.54, 1.807) is 0 Å². The van der Waals surface area contributed by atoms with E-state index in [0.717, 1.165) is 21.8 Å². The van der Waals surface area contributed by atoms with E-state index in [4.69, 9.17) is 0 Å². The number of halogens is 2. The van der Waals surface area contributed by atoms with E-state index >= 15 is 0 Å². The smallest absolute Gasteiger partial charge is 0.224 e. The lowest BCUT2D eigenvalue weighted by Gasteiger charge is -2.31. The average Bonchev–Trinajstić information content (AvgIpc) is 2.42. The second-order valence-electron chi connectivity index (χ2n) is 5.18. The summed E-state index contributed by atoms with van der Waals surface area (Å²) in [6.07, 6.45) is 5.32. The number of alkyl halides is 1. The minimum Gasteiger partial charge on any atom is -0.353 e. The maximum absolute atomic E-state index is 12.1. The molecule has 0 heterocycles. The number of amides is 1. The third kappa shape index (κ3) is 4.60. The Bertz CT molecular complexity index is 419. The zero-order valence-electron chi connectivity index (χ0n) is 10.9. The van der Waals surface area contributed by atoms with E-state index in [1.165, 1.54) is 19.3 Å². The summed E-state index contributed by atoms with van der Waals surface area (Å²) in [7, 11) is 0. The maximum atomic E-state index is 12.1. The molecular formula is C15H19Br2NO. The van der Waals surface area contributed by atoms with Crippen molar-refractivity contribution in [2.45, 2.75) is 38.1 Å². The van der Waals surface area contributed by atoms with Crippen LogP contribution in [0, 0.1) is 5.92 Å². The highest BCUT2D eigenvalue weighted by Crippen LogP contribution is 2.26. The van der Waals surface area contributed by atoms with Gasteiger partial charge in [-0.3, -0.25) is 4.79 Å². The summed E-state index contributed by atoms with van der Waals surface area (Å²) in [6, 6.07) is 8.28. The standard InChI is InChI=1S/C15H19Br2NO/c16-10-12-3-1-2-4-14(12)18-15(19)9-11-5-7-13(17)8-6-11/h5-8,12,14H,1-4,9-10H2,(H,18,19). The van der Waals surface area contributed by atoms with Crippen molar-refractivity contribution in [3.8, 4) is 0 Å². The van der Waals surface area contributed by atoms with Crippen molar-refractivity contribution in [1.82, 2.24) is 5.32 Å². The lowest BCUT2D eigenvalue weighted by atomic mass is 9.86. The number of rotatable bonds is 4. The van der Waals surface area contributed by atoms with Gasteiger partial charge in [-0.1, -0.05) is 56.8 Å². The van der Waals surface area contributed by atoms with Gasteiger partial charge in [0.15, 0.2) is 0 Å². The highest BCUT2D eigenvalue weighted by atomic mass is 79.9. The van der Waals surface area contributed by atoms with Gasteiger partial charge in [0.25, 0.3) is 0 Å². The van der Waals surface area contributed by atoms with Crippen molar-refractivity contribution in [1.29, 1.82) is 0 Å². The number of hydrogen-bond donors (Lipinski definition) is 1. The largest absolute Gasteiger partial charge is 0.353 e. The molecule has 104 valence electrons. The predicted octanol–water partition coefficient (Wildman–Crippen LogP) is 4.06. The topological polar surface area (TPSA) is 29.1 Å². The van der Waals surface area contributed by atoms with Gasteiger partial charge in [0.05, 0.1) is 6.42 Å². The third-order valence-corrected chi connectivity index (χ3v) is 5.09. The molecule has 1 amide bonds. The van der Waals surface area contributed by atoms with Crippen molar-refractivity contribution in [3.05, 3.63) is 34.3 Å². The molecule has 2 unspecified atom stereocenters. The molecule has 1 aliphatic rings. The Morgan fingerprint density at radius 2 is 1.89 bits per heavy atom. The summed E-state index contributed by atoms with van der Waals surface area (Å²) in [5.41, 5.74) is 1.06. The van der Waals surface area contributed by atoms with Crippen LogP contribution < -0.4 is 5.32 Å². The summed E-state index contributed by atoms with van der Waals surface area (Å²) in [5.74, 6) is 0.725. The lowest BCUT2D eigenvalue weighted by molar-refractivity contribution is -0.121. The molecule has 1 saturated carbocycles. The van der Waals surface area contributed by atoms with Crippen LogP contribution in [0.2, 0.25) is 0 Å². The maximum Gasteiger partial charge on any atom is 0.224 e. The summed E-state index contributed by atoms with van der Waals surface area (Å²) in [4.78, 5) is 12.1. The zero-order valence-corrected chi connectivity index (χ0v) is 14.0. The molecule has 1 fully saturated rings. The fourth-order valence-corrected chi connectivity index (χ4v) is 3.67. The van der Waals surface area contributed by atoms with Crippen LogP contribution in [-0.4, -0.2) is 17.3 Å². The van der Waals surface area contributed by atoms with Crippen LogP contribution in [0.15, 0.2) is 28.7 Å². The summed E-state index contributed by atoms with van der Waals surface area (Å²) in [6.45, 7) is 0. The van der Waals surface area contributed by atoms with Crippen LogP contribution in [0.3, 0.4) is 0 Å². The number of nitrogens with one attached hydrogen (secondary N) is 1. The Hall–Kier alpha value is -0.350. The van der Waals surface area contributed by atoms with E-state index in [0.29, 0.717) is 18.4 Å². The van der Waals surface area contributed by atoms with E-state index < -0.39 is 0 Å². The normalized spacial score (nSPS) is 23.1. The van der Waals surface area contributed by atoms with Crippen LogP contribution in [0.25, 0.3) is 0 Å². The quantitative estimate of drug-likeness (QED) is 0.774. The summed E-state index contributed by atoms with van der Waals surface area (Å²) in [5, 5.41) is 4.18. The van der Waals surface area contributed by atoms with Gasteiger partial charge < -0.3 is 5.32 Å². The van der Waals surface area contributed by atoms with Crippen molar-refractivity contribution in [2.75, 3.05) is 5.33 Å². The molecule has 0 aromatic heterocycles. The molecule has 4 heteroatoms. The van der Waals surface area contributed by atoms with E-state index in [-0.39, 0.29) is 5.91 Å². The minimum atomic E-state index is 0.139. The Balaban J connectivity index is 1.88. The lowest BCUT2D eigenvalue weighted by Crippen LogP contribution is -2.43. The number of carbonyl (C=O) groups is 1. The van der Waals surface area contributed by atoms with Crippen LogP contribution >= 0.6 is 31.9 Å². The molecule has 1 aromatic rings. The molecule has 0 aliphatic heterocycles. The summed E-state index contributed by atoms with van der Waals surface area (Å²) < 4.78 is 1.04. The molecule has 0 radical (unpaired) electrons. The third-order valence-electron chi connectivity index (χ3n) is 3.73. The van der Waals surface area contributed by atoms with Crippen LogP contribution in [-0.2, 0) is 11.2 Å². The SMILES string of the molecule is O=C(Cc1ccc(Br)cc1)NC1CCCCC1CBr. The molecule has 2 rings (SSSR count). The van der Waals surface area contributed by atoms with Gasteiger partial charge in [-0.25, -0.2) is 0 Å². The number of benzene rings is 1. The van der Waals surface area contributed by atoms with Crippen molar-refractivity contribution >= 4 is 37.8 Å². The fourth-order valence-electron chi connectivity index (χ4n) is 2.63. The minimum absolute atomic E-state index is 0.139. The highest BCUT2D eigenvalue weighted by Gasteiger charge is 2.25. The Morgan fingerprint density at radius 1 is 1.21 bits per heavy atom. The van der Waals surface area contributed by atoms with Gasteiger partial charge in [0.1, 0.15) is 0 Å². The molecule has 0 saturated heterocycles. The Labute approximate surface area is 131 Å². The van der Waals surface area contributed by atoms with Crippen LogP contribution in [0.1, 0.15) is 31.2 Å². The highest BCUT2D eigenvalue weighted by molar-refractivity contribution is 9.10. The first-order chi connectivity index (χ1) is 9.19. The van der Waals surface area contributed by atoms with E-state index in [2.05, 4.69) is 37.2 Å². The Kier molecular flexibility index (Phi) is 5.89. The molecular weight excluding hydrogens is 370 g/mol. The average molecular weight is 389 g/mol. The first kappa shape index (κ1) is 15.0. The molecule has 0 spiro atoms. The molecule has 1 N–H and O–H groups in total. The van der Waals surface area contributed by atoms with Gasteiger partial charge in [0.2, 0.25) is 5.91 Å². The first-order valence-corrected chi connectivity index (χ1v) is 8.70. The monoisotopic (exact) mass is 387 g/mol. The van der Waals surface area contributed by atoms with E-state index in [1.807, 2.05) is 24.3 Å². The second kappa shape index (κ2) is 7.44. The molecule has 0 bridgehead atoms. The van der Waals surface area contributed by atoms with Gasteiger partial charge in [-0.05, 0) is 36.5 Å². The fraction of sp³-hybridized carbons (Fsp3) is 0.533. The van der Waals surface area contributed by atoms with Gasteiger partial charge >= 0.3 is 0 Å². The van der Waals surface area contributed by atoms with Crippen LogP contribution in [0.5, 0.6) is 0 Å².